The van der Waals surface area contributed by atoms with Gasteiger partial charge in [0, 0.05) is 66.4 Å². The molecule has 2 heterocycles. The molecule has 3 amide bonds. The number of nitrogens with two attached hydrogens (primary N) is 1. The molecule has 1 aliphatic heterocycles. The first-order valence-corrected chi connectivity index (χ1v) is 14.4. The number of rotatable bonds is 12. The van der Waals surface area contributed by atoms with Crippen molar-refractivity contribution in [2.45, 2.75) is 61.0 Å². The van der Waals surface area contributed by atoms with Crippen LogP contribution in [0.25, 0.3) is 11.0 Å². The van der Waals surface area contributed by atoms with Crippen molar-refractivity contribution in [3.63, 3.8) is 0 Å². The SMILES string of the molecule is Nc1ccc2c3c(c(=O)oc2c1S(=O)(=O)[O-])CCC3C(CC(=O)NCCCC(=O)ON1C(=O)CCC1=O)SOO[O-]. The summed E-state index contributed by atoms with van der Waals surface area (Å²) in [4.78, 5) is 64.3. The highest BCUT2D eigenvalue weighted by Crippen LogP contribution is 2.45. The second-order valence-electron chi connectivity index (χ2n) is 9.22. The van der Waals surface area contributed by atoms with Crippen LogP contribution in [-0.2, 0) is 49.9 Å². The lowest BCUT2D eigenvalue weighted by atomic mass is 9.92. The van der Waals surface area contributed by atoms with Crippen molar-refractivity contribution in [1.29, 1.82) is 0 Å². The summed E-state index contributed by atoms with van der Waals surface area (Å²) in [6, 6.07) is 2.59. The molecule has 1 saturated heterocycles. The van der Waals surface area contributed by atoms with Gasteiger partial charge in [0.2, 0.25) is 5.91 Å². The molecule has 1 aliphatic carbocycles. The molecule has 2 atom stereocenters. The zero-order chi connectivity index (χ0) is 29.9. The van der Waals surface area contributed by atoms with Gasteiger partial charge in [0.25, 0.3) is 11.8 Å². The minimum absolute atomic E-state index is 0.0178. The van der Waals surface area contributed by atoms with Crippen LogP contribution in [0.4, 0.5) is 5.69 Å². The van der Waals surface area contributed by atoms with Crippen LogP contribution in [0.15, 0.2) is 26.2 Å². The van der Waals surface area contributed by atoms with Crippen LogP contribution in [0, 0.1) is 0 Å². The monoisotopic (exact) mass is 613 g/mol. The summed E-state index contributed by atoms with van der Waals surface area (Å²) in [5, 5.41) is 16.3. The lowest BCUT2D eigenvalue weighted by Crippen LogP contribution is -2.33. The number of nitrogens with zero attached hydrogens (tertiary/aromatic N) is 1. The Morgan fingerprint density at radius 3 is 2.56 bits per heavy atom. The van der Waals surface area contributed by atoms with Gasteiger partial charge in [-0.2, -0.15) is 4.33 Å². The Labute approximate surface area is 235 Å². The van der Waals surface area contributed by atoms with E-state index in [9.17, 15) is 42.2 Å². The van der Waals surface area contributed by atoms with E-state index in [1.165, 1.54) is 12.1 Å². The Kier molecular flexibility index (Phi) is 9.30. The topological polar surface area (TPSA) is 248 Å². The molecule has 41 heavy (non-hydrogen) atoms. The molecule has 0 radical (unpaired) electrons. The van der Waals surface area contributed by atoms with Crippen molar-refractivity contribution in [1.82, 2.24) is 10.4 Å². The highest BCUT2D eigenvalue weighted by atomic mass is 32.2. The number of nitrogens with one attached hydrogen (secondary N) is 1. The van der Waals surface area contributed by atoms with Crippen LogP contribution in [-0.4, -0.2) is 53.5 Å². The molecule has 2 aromatic rings. The number of carbonyl (C=O) groups excluding carboxylic acids is 4. The number of fused-ring (bicyclic) bond motifs is 3. The number of hydroxylamine groups is 2. The van der Waals surface area contributed by atoms with Gasteiger partial charge >= 0.3 is 11.6 Å². The normalized spacial score (nSPS) is 17.6. The average molecular weight is 614 g/mol. The third-order valence-electron chi connectivity index (χ3n) is 6.63. The molecule has 2 unspecified atom stereocenters. The minimum atomic E-state index is -5.13. The molecule has 3 N–H and O–H groups in total. The Hall–Kier alpha value is -3.55. The molecule has 1 aromatic carbocycles. The standard InChI is InChI=1S/C23H25N3O13S2/c24-14-6-5-12-20-11(3-4-13(20)23(31)36-21(12)22(14)41(33,34)35)15(40-39-38-32)10-16(27)25-9-1-2-19(30)37-26-17(28)7-8-18(26)29/h5-6,11,15,32H,1-4,7-10,24H2,(H,25,27)(H,33,34,35)/p-2. The zero-order valence-electron chi connectivity index (χ0n) is 21.1. The maximum absolute atomic E-state index is 12.7. The number of hydrogen-bond donors (Lipinski definition) is 2. The molecule has 222 valence electrons. The van der Waals surface area contributed by atoms with Gasteiger partial charge in [0.1, 0.15) is 15.0 Å². The van der Waals surface area contributed by atoms with Crippen molar-refractivity contribution in [2.24, 2.45) is 0 Å². The van der Waals surface area contributed by atoms with Gasteiger partial charge < -0.3 is 30.1 Å². The fraction of sp³-hybridized carbons (Fsp3) is 0.435. The van der Waals surface area contributed by atoms with Crippen molar-refractivity contribution < 1.29 is 56.0 Å². The highest BCUT2D eigenvalue weighted by molar-refractivity contribution is 7.95. The van der Waals surface area contributed by atoms with Crippen LogP contribution in [0.3, 0.4) is 0 Å². The van der Waals surface area contributed by atoms with E-state index >= 15 is 0 Å². The molecule has 1 fully saturated rings. The number of benzene rings is 1. The van der Waals surface area contributed by atoms with E-state index in [1.807, 2.05) is 0 Å². The summed E-state index contributed by atoms with van der Waals surface area (Å²) in [6.45, 7) is 0.0178. The van der Waals surface area contributed by atoms with Gasteiger partial charge in [0.05, 0.1) is 5.69 Å². The first-order chi connectivity index (χ1) is 19.4. The molecular formula is C23H23N3O13S2-2. The van der Waals surface area contributed by atoms with Gasteiger partial charge in [-0.3, -0.25) is 19.4 Å². The van der Waals surface area contributed by atoms with Crippen LogP contribution in [0.5, 0.6) is 0 Å². The summed E-state index contributed by atoms with van der Waals surface area (Å²) >= 11 is 0.524. The fourth-order valence-corrected chi connectivity index (χ4v) is 6.38. The van der Waals surface area contributed by atoms with Gasteiger partial charge in [-0.05, 0) is 37.0 Å². The second-order valence-corrected chi connectivity index (χ2v) is 11.5. The quantitative estimate of drug-likeness (QED) is 0.0445. The van der Waals surface area contributed by atoms with Crippen molar-refractivity contribution in [3.8, 4) is 0 Å². The zero-order valence-corrected chi connectivity index (χ0v) is 22.7. The molecule has 16 nitrogen and oxygen atoms in total. The fourth-order valence-electron chi connectivity index (χ4n) is 4.88. The summed E-state index contributed by atoms with van der Waals surface area (Å²) < 4.78 is 45.3. The van der Waals surface area contributed by atoms with Gasteiger partial charge in [0.15, 0.2) is 5.58 Å². The molecule has 0 spiro atoms. The molecule has 0 bridgehead atoms. The lowest BCUT2D eigenvalue weighted by molar-refractivity contribution is -0.777. The molecule has 2 aliphatic rings. The number of nitrogen functional groups attached to an aromatic ring is 1. The smallest absolute Gasteiger partial charge is 0.339 e. The van der Waals surface area contributed by atoms with E-state index < -0.39 is 66.8 Å². The number of hydrogen-bond acceptors (Lipinski definition) is 15. The van der Waals surface area contributed by atoms with E-state index in [-0.39, 0.29) is 62.4 Å². The van der Waals surface area contributed by atoms with Gasteiger partial charge in [-0.15, -0.1) is 5.06 Å². The number of amides is 3. The predicted molar refractivity (Wildman–Crippen MR) is 134 cm³/mol. The molecule has 18 heteroatoms. The molecule has 0 saturated carbocycles. The molecule has 4 rings (SSSR count). The highest BCUT2D eigenvalue weighted by Gasteiger charge is 2.37. The van der Waals surface area contributed by atoms with Crippen molar-refractivity contribution >= 4 is 62.5 Å². The van der Waals surface area contributed by atoms with E-state index in [1.54, 1.807) is 0 Å². The first-order valence-electron chi connectivity index (χ1n) is 12.2. The third kappa shape index (κ3) is 6.68. The number of anilines is 1. The lowest BCUT2D eigenvalue weighted by Gasteiger charge is -2.24. The Bertz CT molecular complexity index is 1540. The van der Waals surface area contributed by atoms with E-state index in [0.717, 1.165) is 0 Å². The summed E-state index contributed by atoms with van der Waals surface area (Å²) in [6.07, 6.45) is 0.0597. The summed E-state index contributed by atoms with van der Waals surface area (Å²) in [7, 11) is -5.13. The van der Waals surface area contributed by atoms with E-state index in [2.05, 4.69) is 14.7 Å². The maximum atomic E-state index is 12.7. The van der Waals surface area contributed by atoms with Gasteiger partial charge in [-0.1, -0.05) is 0 Å². The third-order valence-corrected chi connectivity index (χ3v) is 8.43. The van der Waals surface area contributed by atoms with Crippen LogP contribution < -0.4 is 21.9 Å². The second kappa shape index (κ2) is 12.5. The minimum Gasteiger partial charge on any atom is -0.744 e. The maximum Gasteiger partial charge on any atom is 0.339 e. The first kappa shape index (κ1) is 30.4. The van der Waals surface area contributed by atoms with Crippen molar-refractivity contribution in [2.75, 3.05) is 12.3 Å². The Morgan fingerprint density at radius 1 is 1.20 bits per heavy atom. The molecule has 1 aromatic heterocycles. The average Bonchev–Trinajstić information content (AvgIpc) is 3.48. The van der Waals surface area contributed by atoms with E-state index in [4.69, 9.17) is 15.0 Å². The summed E-state index contributed by atoms with van der Waals surface area (Å²) in [5.74, 6) is -3.22. The number of imide groups is 1. The Morgan fingerprint density at radius 2 is 1.90 bits per heavy atom. The molecular weight excluding hydrogens is 590 g/mol. The largest absolute Gasteiger partial charge is 0.744 e. The van der Waals surface area contributed by atoms with Gasteiger partial charge in [-0.25, -0.2) is 18.0 Å². The summed E-state index contributed by atoms with van der Waals surface area (Å²) in [5.41, 5.74) is 4.45. The van der Waals surface area contributed by atoms with Crippen LogP contribution in [0.1, 0.15) is 55.6 Å². The number of carbonyl (C=O) groups is 4. The predicted octanol–water partition coefficient (Wildman–Crippen LogP) is -0.557. The van der Waals surface area contributed by atoms with Crippen LogP contribution >= 0.6 is 12.0 Å². The Balaban J connectivity index is 1.46. The van der Waals surface area contributed by atoms with Crippen LogP contribution in [0.2, 0.25) is 0 Å². The van der Waals surface area contributed by atoms with Crippen molar-refractivity contribution in [3.05, 3.63) is 33.7 Å². The van der Waals surface area contributed by atoms with E-state index in [0.29, 0.717) is 22.7 Å².